The van der Waals surface area contributed by atoms with Crippen molar-refractivity contribution in [3.8, 4) is 11.3 Å². The van der Waals surface area contributed by atoms with Crippen LogP contribution in [0, 0.1) is 10.1 Å². The van der Waals surface area contributed by atoms with Crippen molar-refractivity contribution in [3.63, 3.8) is 0 Å². The van der Waals surface area contributed by atoms with E-state index in [-0.39, 0.29) is 5.69 Å². The van der Waals surface area contributed by atoms with Crippen LogP contribution in [-0.4, -0.2) is 16.1 Å². The molecule has 0 saturated heterocycles. The molecule has 0 aliphatic carbocycles. The Morgan fingerprint density at radius 2 is 1.88 bits per heavy atom. The summed E-state index contributed by atoms with van der Waals surface area (Å²) in [5, 5.41) is 17.3. The number of hydrazone groups is 1. The molecule has 3 aromatic rings. The predicted octanol–water partition coefficient (Wildman–Crippen LogP) is 4.93. The number of nitro benzene ring substituents is 1. The summed E-state index contributed by atoms with van der Waals surface area (Å²) < 4.78 is 1.01. The molecule has 0 aliphatic heterocycles. The van der Waals surface area contributed by atoms with Crippen molar-refractivity contribution in [2.45, 2.75) is 0 Å². The second-order valence-electron chi connectivity index (χ2n) is 4.76. The van der Waals surface area contributed by atoms with E-state index in [1.54, 1.807) is 18.3 Å². The Hall–Kier alpha value is -2.58. The molecule has 120 valence electrons. The van der Waals surface area contributed by atoms with Crippen LogP contribution < -0.4 is 5.43 Å². The molecule has 8 heteroatoms. The van der Waals surface area contributed by atoms with Gasteiger partial charge in [0, 0.05) is 27.5 Å². The maximum absolute atomic E-state index is 10.7. The fraction of sp³-hybridized carbons (Fsp3) is 0. The minimum atomic E-state index is -0.422. The number of hydrogen-bond donors (Lipinski definition) is 1. The summed E-state index contributed by atoms with van der Waals surface area (Å²) >= 11 is 4.80. The van der Waals surface area contributed by atoms with Gasteiger partial charge in [0.05, 0.1) is 16.8 Å². The number of rotatable bonds is 5. The molecule has 0 saturated carbocycles. The quantitative estimate of drug-likeness (QED) is 0.372. The van der Waals surface area contributed by atoms with Crippen molar-refractivity contribution >= 4 is 44.3 Å². The maximum atomic E-state index is 10.7. The van der Waals surface area contributed by atoms with Crippen LogP contribution >= 0.6 is 27.3 Å². The smallest absolute Gasteiger partial charge is 0.258 e. The number of benzene rings is 2. The molecule has 0 aliphatic rings. The third kappa shape index (κ3) is 4.03. The molecule has 3 rings (SSSR count). The van der Waals surface area contributed by atoms with E-state index in [0.717, 1.165) is 21.3 Å². The van der Waals surface area contributed by atoms with Crippen molar-refractivity contribution in [2.75, 3.05) is 5.43 Å². The van der Waals surface area contributed by atoms with E-state index in [1.165, 1.54) is 23.5 Å². The van der Waals surface area contributed by atoms with E-state index >= 15 is 0 Å². The molecule has 2 aromatic carbocycles. The van der Waals surface area contributed by atoms with Crippen molar-refractivity contribution in [2.24, 2.45) is 5.10 Å². The molecule has 0 amide bonds. The second kappa shape index (κ2) is 7.33. The monoisotopic (exact) mass is 402 g/mol. The molecule has 0 bridgehead atoms. The first-order valence-corrected chi connectivity index (χ1v) is 8.54. The van der Waals surface area contributed by atoms with E-state index in [2.05, 4.69) is 31.4 Å². The zero-order valence-corrected chi connectivity index (χ0v) is 14.6. The third-order valence-corrected chi connectivity index (χ3v) is 4.40. The number of non-ortho nitro benzene ring substituents is 1. The van der Waals surface area contributed by atoms with Crippen molar-refractivity contribution in [1.29, 1.82) is 0 Å². The van der Waals surface area contributed by atoms with Gasteiger partial charge in [0.15, 0.2) is 0 Å². The Labute approximate surface area is 150 Å². The van der Waals surface area contributed by atoms with Gasteiger partial charge in [-0.05, 0) is 29.8 Å². The number of halogens is 1. The van der Waals surface area contributed by atoms with E-state index in [0.29, 0.717) is 5.13 Å². The molecule has 0 radical (unpaired) electrons. The van der Waals surface area contributed by atoms with Crippen LogP contribution in [0.2, 0.25) is 0 Å². The average molecular weight is 403 g/mol. The molecular weight excluding hydrogens is 392 g/mol. The number of nitrogens with zero attached hydrogens (tertiary/aromatic N) is 3. The van der Waals surface area contributed by atoms with Gasteiger partial charge < -0.3 is 0 Å². The zero-order chi connectivity index (χ0) is 16.9. The van der Waals surface area contributed by atoms with E-state index < -0.39 is 4.92 Å². The van der Waals surface area contributed by atoms with Gasteiger partial charge in [0.2, 0.25) is 5.13 Å². The summed E-state index contributed by atoms with van der Waals surface area (Å²) in [5.74, 6) is 0. The van der Waals surface area contributed by atoms with Crippen LogP contribution in [-0.2, 0) is 0 Å². The Kier molecular flexibility index (Phi) is 4.97. The van der Waals surface area contributed by atoms with Crippen molar-refractivity contribution in [3.05, 3.63) is 74.1 Å². The SMILES string of the molecule is O=[N+]([O-])c1ccc(-c2csc(N/N=C/c3ccc(Br)cc3)n2)cc1. The highest BCUT2D eigenvalue weighted by molar-refractivity contribution is 9.10. The molecule has 6 nitrogen and oxygen atoms in total. The lowest BCUT2D eigenvalue weighted by molar-refractivity contribution is -0.384. The van der Waals surface area contributed by atoms with Crippen LogP contribution in [0.15, 0.2) is 63.5 Å². The first kappa shape index (κ1) is 16.3. The Morgan fingerprint density at radius 1 is 1.17 bits per heavy atom. The lowest BCUT2D eigenvalue weighted by atomic mass is 10.1. The molecule has 0 unspecified atom stereocenters. The van der Waals surface area contributed by atoms with E-state index in [9.17, 15) is 10.1 Å². The van der Waals surface area contributed by atoms with Gasteiger partial charge in [0.25, 0.3) is 5.69 Å². The largest absolute Gasteiger partial charge is 0.269 e. The number of aromatic nitrogens is 1. The Bertz CT molecular complexity index is 876. The molecule has 1 N–H and O–H groups in total. The second-order valence-corrected chi connectivity index (χ2v) is 6.54. The molecule has 0 atom stereocenters. The van der Waals surface area contributed by atoms with Gasteiger partial charge >= 0.3 is 0 Å². The van der Waals surface area contributed by atoms with Crippen LogP contribution in [0.5, 0.6) is 0 Å². The average Bonchev–Trinajstić information content (AvgIpc) is 3.06. The zero-order valence-electron chi connectivity index (χ0n) is 12.2. The highest BCUT2D eigenvalue weighted by atomic mass is 79.9. The minimum Gasteiger partial charge on any atom is -0.258 e. The van der Waals surface area contributed by atoms with Crippen LogP contribution in [0.25, 0.3) is 11.3 Å². The summed E-state index contributed by atoms with van der Waals surface area (Å²) in [6.07, 6.45) is 1.71. The summed E-state index contributed by atoms with van der Waals surface area (Å²) in [6, 6.07) is 14.1. The van der Waals surface area contributed by atoms with Gasteiger partial charge in [-0.15, -0.1) is 11.3 Å². The number of nitro groups is 1. The van der Waals surface area contributed by atoms with Gasteiger partial charge in [-0.2, -0.15) is 5.10 Å². The lowest BCUT2D eigenvalue weighted by Crippen LogP contribution is -1.90. The summed E-state index contributed by atoms with van der Waals surface area (Å²) in [7, 11) is 0. The Morgan fingerprint density at radius 3 is 2.54 bits per heavy atom. The number of thiazole rings is 1. The summed E-state index contributed by atoms with van der Waals surface area (Å²) in [6.45, 7) is 0. The first-order valence-electron chi connectivity index (χ1n) is 6.87. The molecule has 1 heterocycles. The van der Waals surface area contributed by atoms with Gasteiger partial charge in [0.1, 0.15) is 0 Å². The molecule has 1 aromatic heterocycles. The highest BCUT2D eigenvalue weighted by Crippen LogP contribution is 2.26. The number of anilines is 1. The standard InChI is InChI=1S/C16H11BrN4O2S/c17-13-5-1-11(2-6-13)9-18-20-16-19-15(10-24-16)12-3-7-14(8-4-12)21(22)23/h1-10H,(H,19,20)/b18-9+. The fourth-order valence-electron chi connectivity index (χ4n) is 1.92. The summed E-state index contributed by atoms with van der Waals surface area (Å²) in [5.41, 5.74) is 5.48. The minimum absolute atomic E-state index is 0.0615. The van der Waals surface area contributed by atoms with Crippen LogP contribution in [0.1, 0.15) is 5.56 Å². The van der Waals surface area contributed by atoms with Crippen molar-refractivity contribution in [1.82, 2.24) is 4.98 Å². The molecule has 0 spiro atoms. The predicted molar refractivity (Wildman–Crippen MR) is 99.6 cm³/mol. The van der Waals surface area contributed by atoms with Gasteiger partial charge in [-0.3, -0.25) is 15.5 Å². The summed E-state index contributed by atoms with van der Waals surface area (Å²) in [4.78, 5) is 14.7. The molecule has 24 heavy (non-hydrogen) atoms. The van der Waals surface area contributed by atoms with Crippen LogP contribution in [0.4, 0.5) is 10.8 Å². The number of hydrogen-bond acceptors (Lipinski definition) is 6. The normalized spacial score (nSPS) is 10.9. The fourth-order valence-corrected chi connectivity index (χ4v) is 2.86. The topological polar surface area (TPSA) is 80.4 Å². The first-order chi connectivity index (χ1) is 11.6. The maximum Gasteiger partial charge on any atom is 0.269 e. The van der Waals surface area contributed by atoms with Gasteiger partial charge in [-0.1, -0.05) is 28.1 Å². The third-order valence-electron chi connectivity index (χ3n) is 3.12. The van der Waals surface area contributed by atoms with Gasteiger partial charge in [-0.25, -0.2) is 4.98 Å². The lowest BCUT2D eigenvalue weighted by Gasteiger charge is -1.97. The van der Waals surface area contributed by atoms with E-state index in [1.807, 2.05) is 29.6 Å². The Balaban J connectivity index is 1.67. The number of nitrogens with one attached hydrogen (secondary N) is 1. The highest BCUT2D eigenvalue weighted by Gasteiger charge is 2.07. The molecular formula is C16H11BrN4O2S. The molecule has 0 fully saturated rings. The van der Waals surface area contributed by atoms with E-state index in [4.69, 9.17) is 0 Å². The van der Waals surface area contributed by atoms with Crippen molar-refractivity contribution < 1.29 is 4.92 Å². The van der Waals surface area contributed by atoms with Crippen LogP contribution in [0.3, 0.4) is 0 Å².